The maximum atomic E-state index is 5.75. The zero-order valence-electron chi connectivity index (χ0n) is 20.9. The lowest BCUT2D eigenvalue weighted by Gasteiger charge is -2.16. The topological polar surface area (TPSA) is 96.2 Å². The van der Waals surface area contributed by atoms with Crippen molar-refractivity contribution in [2.75, 3.05) is 31.8 Å². The van der Waals surface area contributed by atoms with Gasteiger partial charge in [0, 0.05) is 12.3 Å². The Balaban J connectivity index is 1.77. The second-order valence-corrected chi connectivity index (χ2v) is 9.14. The normalized spacial score (nSPS) is 13.1. The van der Waals surface area contributed by atoms with E-state index in [1.807, 2.05) is 54.1 Å². The van der Waals surface area contributed by atoms with Gasteiger partial charge in [0.1, 0.15) is 22.9 Å². The zero-order chi connectivity index (χ0) is 25.1. The smallest absolute Gasteiger partial charge is 0.213 e. The van der Waals surface area contributed by atoms with Gasteiger partial charge in [-0.05, 0) is 43.9 Å². The number of nitrogens with one attached hydrogen (secondary N) is 1. The molecule has 0 bridgehead atoms. The van der Waals surface area contributed by atoms with E-state index in [4.69, 9.17) is 34.1 Å². The Morgan fingerprint density at radius 3 is 2.42 bits per heavy atom. The largest absolute Gasteiger partial charge is 0.494 e. The monoisotopic (exact) mass is 506 g/mol. The highest BCUT2D eigenvalue weighted by molar-refractivity contribution is 7.99. The van der Waals surface area contributed by atoms with E-state index < -0.39 is 0 Å². The number of aromatic nitrogens is 5. The minimum Gasteiger partial charge on any atom is -0.494 e. The van der Waals surface area contributed by atoms with Gasteiger partial charge in [-0.15, -0.1) is 0 Å². The summed E-state index contributed by atoms with van der Waals surface area (Å²) < 4.78 is 22.4. The average molecular weight is 507 g/mol. The van der Waals surface area contributed by atoms with Crippen molar-refractivity contribution in [3.05, 3.63) is 42.1 Å². The molecular formula is C26H30N6O3S. The third-order valence-corrected chi connectivity index (χ3v) is 6.52. The number of aryl methyl sites for hydroxylation is 1. The van der Waals surface area contributed by atoms with E-state index in [2.05, 4.69) is 4.72 Å². The lowest BCUT2D eigenvalue weighted by atomic mass is 10.2. The highest BCUT2D eigenvalue weighted by Crippen LogP contribution is 2.39. The quantitative estimate of drug-likeness (QED) is 0.271. The van der Waals surface area contributed by atoms with Gasteiger partial charge < -0.3 is 18.9 Å². The van der Waals surface area contributed by atoms with Crippen LogP contribution in [0.2, 0.25) is 0 Å². The molecule has 5 rings (SSSR count). The number of anilines is 1. The molecule has 1 aliphatic rings. The summed E-state index contributed by atoms with van der Waals surface area (Å²) in [5.41, 5.74) is 3.36. The number of ether oxygens (including phenoxy) is 3. The van der Waals surface area contributed by atoms with Crippen LogP contribution in [0.15, 0.2) is 36.4 Å². The maximum Gasteiger partial charge on any atom is 0.213 e. The van der Waals surface area contributed by atoms with Gasteiger partial charge in [0.15, 0.2) is 22.9 Å². The Kier molecular flexibility index (Phi) is 7.13. The first-order chi connectivity index (χ1) is 17.7. The van der Waals surface area contributed by atoms with Crippen molar-refractivity contribution < 1.29 is 14.2 Å². The number of rotatable bonds is 11. The van der Waals surface area contributed by atoms with Crippen molar-refractivity contribution in [2.24, 2.45) is 5.92 Å². The van der Waals surface area contributed by atoms with Gasteiger partial charge in [0.25, 0.3) is 0 Å². The molecule has 188 valence electrons. The molecule has 36 heavy (non-hydrogen) atoms. The molecule has 0 aliphatic heterocycles. The SMILES string of the molecule is CCOc1cccc(-c2nc3nc(CCC4CC4)c(NSC)nc3n2-c2c(OC)cccc2OC)n1. The fraction of sp³-hybridized carbons (Fsp3) is 0.385. The third kappa shape index (κ3) is 4.77. The van der Waals surface area contributed by atoms with E-state index in [0.717, 1.165) is 30.3 Å². The van der Waals surface area contributed by atoms with Crippen LogP contribution in [0, 0.1) is 5.92 Å². The lowest BCUT2D eigenvalue weighted by Crippen LogP contribution is -2.07. The minimum atomic E-state index is 0.518. The fourth-order valence-electron chi connectivity index (χ4n) is 4.23. The molecule has 0 radical (unpaired) electrons. The molecule has 1 aliphatic carbocycles. The molecule has 1 fully saturated rings. The molecule has 0 spiro atoms. The van der Waals surface area contributed by atoms with Gasteiger partial charge in [-0.25, -0.2) is 19.9 Å². The summed E-state index contributed by atoms with van der Waals surface area (Å²) in [5.74, 6) is 3.87. The molecule has 10 heteroatoms. The molecule has 1 aromatic carbocycles. The van der Waals surface area contributed by atoms with Crippen LogP contribution in [0.5, 0.6) is 17.4 Å². The van der Waals surface area contributed by atoms with E-state index in [9.17, 15) is 0 Å². The highest BCUT2D eigenvalue weighted by Gasteiger charge is 2.26. The average Bonchev–Trinajstić information content (AvgIpc) is 3.66. The first-order valence-electron chi connectivity index (χ1n) is 12.1. The zero-order valence-corrected chi connectivity index (χ0v) is 21.8. The van der Waals surface area contributed by atoms with Gasteiger partial charge in [0.2, 0.25) is 5.88 Å². The highest BCUT2D eigenvalue weighted by atomic mass is 32.2. The van der Waals surface area contributed by atoms with Crippen LogP contribution < -0.4 is 18.9 Å². The summed E-state index contributed by atoms with van der Waals surface area (Å²) in [6, 6.07) is 11.3. The maximum absolute atomic E-state index is 5.75. The van der Waals surface area contributed by atoms with Gasteiger partial charge in [-0.2, -0.15) is 0 Å². The summed E-state index contributed by atoms with van der Waals surface area (Å²) >= 11 is 1.49. The van der Waals surface area contributed by atoms with Crippen LogP contribution >= 0.6 is 11.9 Å². The van der Waals surface area contributed by atoms with E-state index >= 15 is 0 Å². The fourth-order valence-corrected chi connectivity index (χ4v) is 4.59. The number of methoxy groups -OCH3 is 2. The molecule has 4 aromatic rings. The van der Waals surface area contributed by atoms with Crippen LogP contribution in [0.3, 0.4) is 0 Å². The van der Waals surface area contributed by atoms with Gasteiger partial charge in [0.05, 0.1) is 26.5 Å². The van der Waals surface area contributed by atoms with Crippen molar-refractivity contribution >= 4 is 29.1 Å². The summed E-state index contributed by atoms with van der Waals surface area (Å²) in [6.07, 6.45) is 6.54. The lowest BCUT2D eigenvalue weighted by molar-refractivity contribution is 0.327. The van der Waals surface area contributed by atoms with E-state index in [0.29, 0.717) is 52.5 Å². The Hall–Kier alpha value is -3.53. The summed E-state index contributed by atoms with van der Waals surface area (Å²) in [5, 5.41) is 0. The van der Waals surface area contributed by atoms with E-state index in [1.54, 1.807) is 14.2 Å². The molecule has 9 nitrogen and oxygen atoms in total. The number of nitrogens with zero attached hydrogens (tertiary/aromatic N) is 5. The number of imidazole rings is 1. The molecule has 3 heterocycles. The first-order valence-corrected chi connectivity index (χ1v) is 13.3. The first kappa shape index (κ1) is 24.2. The number of pyridine rings is 1. The number of hydrogen-bond donors (Lipinski definition) is 1. The number of para-hydroxylation sites is 1. The predicted molar refractivity (Wildman–Crippen MR) is 142 cm³/mol. The molecule has 1 saturated carbocycles. The number of fused-ring (bicyclic) bond motifs is 1. The molecule has 0 atom stereocenters. The summed E-state index contributed by atoms with van der Waals surface area (Å²) in [6.45, 7) is 2.45. The third-order valence-electron chi connectivity index (χ3n) is 6.12. The second kappa shape index (κ2) is 10.6. The Morgan fingerprint density at radius 2 is 1.75 bits per heavy atom. The van der Waals surface area contributed by atoms with Crippen molar-refractivity contribution in [2.45, 2.75) is 32.6 Å². The van der Waals surface area contributed by atoms with Crippen LogP contribution in [0.1, 0.15) is 31.9 Å². The van der Waals surface area contributed by atoms with Gasteiger partial charge >= 0.3 is 0 Å². The van der Waals surface area contributed by atoms with E-state index in [-0.39, 0.29) is 0 Å². The van der Waals surface area contributed by atoms with Crippen molar-refractivity contribution in [3.8, 4) is 34.6 Å². The summed E-state index contributed by atoms with van der Waals surface area (Å²) in [4.78, 5) is 19.7. The molecule has 0 unspecified atom stereocenters. The minimum absolute atomic E-state index is 0.518. The van der Waals surface area contributed by atoms with Gasteiger partial charge in [-0.3, -0.25) is 4.57 Å². The standard InChI is InChI=1S/C26H30N6O3S/c1-5-35-21-11-6-8-18(27-21)25-30-24-26(32(25)22-19(33-2)9-7-10-20(22)34-3)29-23(31-36-4)17(28-24)15-14-16-12-13-16/h6-11,16H,5,12-15H2,1-4H3,(H,29,31). The number of hydrogen-bond acceptors (Lipinski definition) is 9. The summed E-state index contributed by atoms with van der Waals surface area (Å²) in [7, 11) is 3.26. The van der Waals surface area contributed by atoms with Crippen LogP contribution in [0.4, 0.5) is 5.82 Å². The molecular weight excluding hydrogens is 476 g/mol. The molecule has 0 saturated heterocycles. The van der Waals surface area contributed by atoms with E-state index in [1.165, 1.54) is 24.8 Å². The Morgan fingerprint density at radius 1 is 1.00 bits per heavy atom. The Labute approximate surface area is 214 Å². The van der Waals surface area contributed by atoms with Crippen molar-refractivity contribution in [3.63, 3.8) is 0 Å². The second-order valence-electron chi connectivity index (χ2n) is 8.53. The molecule has 1 N–H and O–H groups in total. The van der Waals surface area contributed by atoms with Gasteiger partial charge in [-0.1, -0.05) is 36.9 Å². The van der Waals surface area contributed by atoms with Crippen LogP contribution in [0.25, 0.3) is 28.5 Å². The van der Waals surface area contributed by atoms with Crippen LogP contribution in [-0.2, 0) is 6.42 Å². The number of benzene rings is 1. The Bertz CT molecular complexity index is 1350. The molecule has 3 aromatic heterocycles. The van der Waals surface area contributed by atoms with Crippen LogP contribution in [-0.4, -0.2) is 51.6 Å². The molecule has 0 amide bonds. The van der Waals surface area contributed by atoms with Crippen molar-refractivity contribution in [1.29, 1.82) is 0 Å². The van der Waals surface area contributed by atoms with Crippen molar-refractivity contribution in [1.82, 2.24) is 24.5 Å². The predicted octanol–water partition coefficient (Wildman–Crippen LogP) is 5.33.